The van der Waals surface area contributed by atoms with Crippen LogP contribution in [-0.2, 0) is 9.63 Å². The molecule has 6 rings (SSSR count). The van der Waals surface area contributed by atoms with Gasteiger partial charge in [-0.2, -0.15) is 0 Å². The van der Waals surface area contributed by atoms with Gasteiger partial charge in [0.05, 0.1) is 11.1 Å². The molecular weight excluding hydrogens is 322 g/mol. The van der Waals surface area contributed by atoms with Gasteiger partial charge in [0, 0.05) is 0 Å². The maximum atomic E-state index is 12.9. The third-order valence-electron chi connectivity index (χ3n) is 6.90. The van der Waals surface area contributed by atoms with Crippen molar-refractivity contribution >= 4 is 22.5 Å². The standard InChI is InChI=1S/C23H25NO2/c1-15(20-7-6-19-4-2-3-5-21(19)11-20)24-26-22(25)23-12-16-8-17(13-23)10-18(9-16)14-23/h2-7,11,16-18H,8-10,12-14H2,1H3. The van der Waals surface area contributed by atoms with E-state index in [-0.39, 0.29) is 11.4 Å². The Hall–Kier alpha value is -2.16. The van der Waals surface area contributed by atoms with E-state index in [1.165, 1.54) is 30.0 Å². The fourth-order valence-electron chi connectivity index (χ4n) is 6.03. The van der Waals surface area contributed by atoms with Crippen molar-refractivity contribution < 1.29 is 9.63 Å². The molecule has 4 aliphatic rings. The maximum absolute atomic E-state index is 12.9. The number of fused-ring (bicyclic) bond motifs is 1. The molecule has 0 amide bonds. The highest BCUT2D eigenvalue weighted by molar-refractivity contribution is 6.02. The van der Waals surface area contributed by atoms with Gasteiger partial charge in [0.25, 0.3) is 0 Å². The van der Waals surface area contributed by atoms with Crippen LogP contribution in [0.3, 0.4) is 0 Å². The zero-order chi connectivity index (χ0) is 17.7. The van der Waals surface area contributed by atoms with Crippen molar-refractivity contribution in [1.82, 2.24) is 0 Å². The van der Waals surface area contributed by atoms with Crippen LogP contribution < -0.4 is 0 Å². The van der Waals surface area contributed by atoms with Crippen molar-refractivity contribution in [3.8, 4) is 0 Å². The van der Waals surface area contributed by atoms with E-state index in [0.717, 1.165) is 48.3 Å². The third kappa shape index (κ3) is 2.65. The molecule has 4 aliphatic carbocycles. The first-order valence-electron chi connectivity index (χ1n) is 9.86. The maximum Gasteiger partial charge on any atom is 0.341 e. The number of benzene rings is 2. The Bertz CT molecular complexity index is 863. The van der Waals surface area contributed by atoms with Gasteiger partial charge in [-0.3, -0.25) is 0 Å². The molecule has 3 nitrogen and oxygen atoms in total. The Morgan fingerprint density at radius 1 is 0.962 bits per heavy atom. The number of rotatable bonds is 3. The zero-order valence-electron chi connectivity index (χ0n) is 15.3. The van der Waals surface area contributed by atoms with Gasteiger partial charge in [0.2, 0.25) is 0 Å². The minimum absolute atomic E-state index is 0.0864. The molecule has 0 radical (unpaired) electrons. The fraction of sp³-hybridized carbons (Fsp3) is 0.478. The number of nitrogens with zero attached hydrogens (tertiary/aromatic N) is 1. The predicted molar refractivity (Wildman–Crippen MR) is 103 cm³/mol. The SMILES string of the molecule is CC(=NOC(=O)C12CC3CC(CC(C3)C1)C2)c1ccc2ccccc2c1. The molecule has 2 aromatic carbocycles. The summed E-state index contributed by atoms with van der Waals surface area (Å²) >= 11 is 0. The van der Waals surface area contributed by atoms with E-state index in [9.17, 15) is 4.79 Å². The normalized spacial score (nSPS) is 32.8. The van der Waals surface area contributed by atoms with Crippen LogP contribution in [0.5, 0.6) is 0 Å². The molecule has 0 aliphatic heterocycles. The summed E-state index contributed by atoms with van der Waals surface area (Å²) in [6.45, 7) is 1.91. The van der Waals surface area contributed by atoms with Crippen molar-refractivity contribution in [2.24, 2.45) is 28.3 Å². The Morgan fingerprint density at radius 2 is 1.58 bits per heavy atom. The lowest BCUT2D eigenvalue weighted by atomic mass is 9.49. The topological polar surface area (TPSA) is 38.7 Å². The second kappa shape index (κ2) is 5.94. The van der Waals surface area contributed by atoms with E-state index in [1.54, 1.807) is 0 Å². The predicted octanol–water partition coefficient (Wildman–Crippen LogP) is 5.32. The van der Waals surface area contributed by atoms with Gasteiger partial charge in [0.1, 0.15) is 0 Å². The Morgan fingerprint density at radius 3 is 2.23 bits per heavy atom. The van der Waals surface area contributed by atoms with Crippen molar-refractivity contribution in [2.45, 2.75) is 45.4 Å². The molecule has 0 saturated heterocycles. The van der Waals surface area contributed by atoms with Crippen LogP contribution in [0.15, 0.2) is 47.6 Å². The Kier molecular flexibility index (Phi) is 3.66. The summed E-state index contributed by atoms with van der Waals surface area (Å²) in [6.07, 6.45) is 7.02. The first kappa shape index (κ1) is 16.0. The quantitative estimate of drug-likeness (QED) is 0.428. The Labute approximate surface area is 154 Å². The molecule has 2 aromatic rings. The first-order chi connectivity index (χ1) is 12.6. The molecule has 26 heavy (non-hydrogen) atoms. The fourth-order valence-corrected chi connectivity index (χ4v) is 6.03. The zero-order valence-corrected chi connectivity index (χ0v) is 15.3. The van der Waals surface area contributed by atoms with Crippen LogP contribution in [0.1, 0.15) is 51.0 Å². The largest absolute Gasteiger partial charge is 0.341 e. The van der Waals surface area contributed by atoms with Crippen LogP contribution in [-0.4, -0.2) is 11.7 Å². The monoisotopic (exact) mass is 347 g/mol. The lowest BCUT2D eigenvalue weighted by molar-refractivity contribution is -0.171. The molecule has 0 spiro atoms. The minimum Gasteiger partial charge on any atom is -0.317 e. The summed E-state index contributed by atoms with van der Waals surface area (Å²) in [5.74, 6) is 2.12. The molecule has 4 saturated carbocycles. The van der Waals surface area contributed by atoms with Crippen LogP contribution >= 0.6 is 0 Å². The van der Waals surface area contributed by atoms with Crippen LogP contribution in [0.2, 0.25) is 0 Å². The highest BCUT2D eigenvalue weighted by atomic mass is 16.7. The minimum atomic E-state index is -0.248. The molecule has 134 valence electrons. The van der Waals surface area contributed by atoms with E-state index < -0.39 is 0 Å². The molecule has 4 fully saturated rings. The van der Waals surface area contributed by atoms with E-state index in [0.29, 0.717) is 0 Å². The van der Waals surface area contributed by atoms with Crippen molar-refractivity contribution in [3.63, 3.8) is 0 Å². The second-order valence-electron chi connectivity index (χ2n) is 8.82. The highest BCUT2D eigenvalue weighted by Crippen LogP contribution is 2.60. The van der Waals surface area contributed by atoms with Gasteiger partial charge in [-0.25, -0.2) is 4.79 Å². The lowest BCUT2D eigenvalue weighted by Crippen LogP contribution is -2.50. The summed E-state index contributed by atoms with van der Waals surface area (Å²) in [4.78, 5) is 18.4. The number of hydrogen-bond donors (Lipinski definition) is 0. The molecule has 0 aromatic heterocycles. The van der Waals surface area contributed by atoms with Crippen molar-refractivity contribution in [1.29, 1.82) is 0 Å². The smallest absolute Gasteiger partial charge is 0.317 e. The summed E-state index contributed by atoms with van der Waals surface area (Å²) in [6, 6.07) is 14.5. The lowest BCUT2D eigenvalue weighted by Gasteiger charge is -2.54. The van der Waals surface area contributed by atoms with E-state index in [1.807, 2.05) is 25.1 Å². The number of carbonyl (C=O) groups excluding carboxylic acids is 1. The summed E-state index contributed by atoms with van der Waals surface area (Å²) in [7, 11) is 0. The Balaban J connectivity index is 1.35. The van der Waals surface area contributed by atoms with Crippen molar-refractivity contribution in [3.05, 3.63) is 48.0 Å². The van der Waals surface area contributed by atoms with Gasteiger partial charge < -0.3 is 4.84 Å². The van der Waals surface area contributed by atoms with Gasteiger partial charge in [-0.15, -0.1) is 0 Å². The summed E-state index contributed by atoms with van der Waals surface area (Å²) in [5.41, 5.74) is 1.51. The summed E-state index contributed by atoms with van der Waals surface area (Å²) in [5, 5.41) is 6.60. The molecule has 0 heterocycles. The molecule has 4 bridgehead atoms. The third-order valence-corrected chi connectivity index (χ3v) is 6.90. The number of hydrogen-bond acceptors (Lipinski definition) is 3. The first-order valence-corrected chi connectivity index (χ1v) is 9.86. The van der Waals surface area contributed by atoms with E-state index in [2.05, 4.69) is 29.4 Å². The molecular formula is C23H25NO2. The van der Waals surface area contributed by atoms with Gasteiger partial charge in [-0.05, 0) is 85.6 Å². The molecule has 0 atom stereocenters. The van der Waals surface area contributed by atoms with Crippen LogP contribution in [0.4, 0.5) is 0 Å². The second-order valence-corrected chi connectivity index (χ2v) is 8.82. The average Bonchev–Trinajstić information content (AvgIpc) is 2.64. The van der Waals surface area contributed by atoms with Crippen molar-refractivity contribution in [2.75, 3.05) is 0 Å². The van der Waals surface area contributed by atoms with Gasteiger partial charge in [0.15, 0.2) is 0 Å². The van der Waals surface area contributed by atoms with Crippen LogP contribution in [0, 0.1) is 23.2 Å². The summed E-state index contributed by atoms with van der Waals surface area (Å²) < 4.78 is 0. The van der Waals surface area contributed by atoms with Crippen LogP contribution in [0.25, 0.3) is 10.8 Å². The number of carbonyl (C=O) groups is 1. The highest BCUT2D eigenvalue weighted by Gasteiger charge is 2.55. The van der Waals surface area contributed by atoms with E-state index in [4.69, 9.17) is 4.84 Å². The average molecular weight is 347 g/mol. The van der Waals surface area contributed by atoms with Gasteiger partial charge in [-0.1, -0.05) is 41.6 Å². The molecule has 0 N–H and O–H groups in total. The number of oxime groups is 1. The molecule has 3 heteroatoms. The molecule has 0 unspecified atom stereocenters. The van der Waals surface area contributed by atoms with Gasteiger partial charge >= 0.3 is 5.97 Å². The van der Waals surface area contributed by atoms with E-state index >= 15 is 0 Å².